The standard InChI is InChI=1S/C12H17F3N4O/c13-12(14,15)8-5-9(18-10(6-8)19-16)17-7-11(20)3-1-2-4-11/h5-6,20H,1-4,7,16H2,(H2,17,18,19). The number of anilines is 2. The van der Waals surface area contributed by atoms with Crippen molar-refractivity contribution in [1.82, 2.24) is 4.98 Å². The first-order chi connectivity index (χ1) is 9.32. The van der Waals surface area contributed by atoms with Crippen LogP contribution in [0.25, 0.3) is 0 Å². The number of hydrazine groups is 1. The molecule has 20 heavy (non-hydrogen) atoms. The smallest absolute Gasteiger partial charge is 0.388 e. The number of pyridine rings is 1. The van der Waals surface area contributed by atoms with Crippen molar-refractivity contribution in [3.8, 4) is 0 Å². The molecule has 0 spiro atoms. The summed E-state index contributed by atoms with van der Waals surface area (Å²) >= 11 is 0. The van der Waals surface area contributed by atoms with E-state index >= 15 is 0 Å². The van der Waals surface area contributed by atoms with Crippen molar-refractivity contribution in [2.75, 3.05) is 17.3 Å². The number of nitrogens with two attached hydrogens (primary N) is 1. The van der Waals surface area contributed by atoms with Crippen LogP contribution in [0, 0.1) is 0 Å². The molecule has 0 unspecified atom stereocenters. The average molecular weight is 290 g/mol. The summed E-state index contributed by atoms with van der Waals surface area (Å²) < 4.78 is 38.2. The third kappa shape index (κ3) is 3.51. The Hall–Kier alpha value is -1.54. The van der Waals surface area contributed by atoms with Gasteiger partial charge in [-0.05, 0) is 25.0 Å². The molecule has 5 N–H and O–H groups in total. The zero-order valence-corrected chi connectivity index (χ0v) is 10.8. The first kappa shape index (κ1) is 14.9. The Bertz CT molecular complexity index is 472. The molecular weight excluding hydrogens is 273 g/mol. The van der Waals surface area contributed by atoms with Crippen LogP contribution in [0.1, 0.15) is 31.2 Å². The van der Waals surface area contributed by atoms with Gasteiger partial charge in [0.05, 0.1) is 11.2 Å². The van der Waals surface area contributed by atoms with Crippen molar-refractivity contribution in [2.45, 2.75) is 37.5 Å². The van der Waals surface area contributed by atoms with Crippen LogP contribution in [-0.2, 0) is 6.18 Å². The van der Waals surface area contributed by atoms with Crippen molar-refractivity contribution < 1.29 is 18.3 Å². The summed E-state index contributed by atoms with van der Waals surface area (Å²) in [5, 5.41) is 12.9. The monoisotopic (exact) mass is 290 g/mol. The number of alkyl halides is 3. The summed E-state index contributed by atoms with van der Waals surface area (Å²) in [5.41, 5.74) is 0.389. The highest BCUT2D eigenvalue weighted by Gasteiger charge is 2.33. The van der Waals surface area contributed by atoms with Gasteiger partial charge >= 0.3 is 6.18 Å². The maximum atomic E-state index is 12.7. The topological polar surface area (TPSA) is 83.2 Å². The van der Waals surface area contributed by atoms with Gasteiger partial charge in [-0.1, -0.05) is 12.8 Å². The van der Waals surface area contributed by atoms with E-state index < -0.39 is 17.3 Å². The molecule has 1 heterocycles. The van der Waals surface area contributed by atoms with Gasteiger partial charge in [0.1, 0.15) is 11.6 Å². The molecule has 1 aliphatic rings. The van der Waals surface area contributed by atoms with E-state index in [0.717, 1.165) is 25.0 Å². The van der Waals surface area contributed by atoms with E-state index in [1.807, 2.05) is 0 Å². The lowest BCUT2D eigenvalue weighted by molar-refractivity contribution is -0.137. The highest BCUT2D eigenvalue weighted by molar-refractivity contribution is 5.49. The fraction of sp³-hybridized carbons (Fsp3) is 0.583. The van der Waals surface area contributed by atoms with Crippen LogP contribution in [0.5, 0.6) is 0 Å². The third-order valence-corrected chi connectivity index (χ3v) is 3.43. The minimum atomic E-state index is -4.48. The lowest BCUT2D eigenvalue weighted by Crippen LogP contribution is -2.33. The van der Waals surface area contributed by atoms with Crippen LogP contribution in [0.15, 0.2) is 12.1 Å². The van der Waals surface area contributed by atoms with Gasteiger partial charge in [0, 0.05) is 6.54 Å². The molecule has 112 valence electrons. The Morgan fingerprint density at radius 3 is 2.40 bits per heavy atom. The number of aromatic nitrogens is 1. The summed E-state index contributed by atoms with van der Waals surface area (Å²) in [6.45, 7) is 0.172. The Labute approximate surface area is 114 Å². The SMILES string of the molecule is NNc1cc(C(F)(F)F)cc(NCC2(O)CCCC2)n1. The predicted molar refractivity (Wildman–Crippen MR) is 69.0 cm³/mol. The molecule has 1 fully saturated rings. The van der Waals surface area contributed by atoms with Crippen LogP contribution < -0.4 is 16.6 Å². The number of aliphatic hydroxyl groups is 1. The minimum absolute atomic E-state index is 0.0353. The molecule has 0 aromatic carbocycles. The van der Waals surface area contributed by atoms with Gasteiger partial charge in [0.25, 0.3) is 0 Å². The summed E-state index contributed by atoms with van der Waals surface area (Å²) in [6, 6.07) is 1.73. The van der Waals surface area contributed by atoms with Gasteiger partial charge in [0.2, 0.25) is 0 Å². The lowest BCUT2D eigenvalue weighted by atomic mass is 10.0. The number of rotatable bonds is 4. The Balaban J connectivity index is 2.14. The van der Waals surface area contributed by atoms with Crippen LogP contribution in [0.4, 0.5) is 24.8 Å². The Morgan fingerprint density at radius 2 is 1.85 bits per heavy atom. The molecule has 5 nitrogen and oxygen atoms in total. The molecule has 1 aliphatic carbocycles. The van der Waals surface area contributed by atoms with Crippen LogP contribution in [-0.4, -0.2) is 22.2 Å². The van der Waals surface area contributed by atoms with E-state index in [4.69, 9.17) is 5.84 Å². The Kier molecular flexibility index (Phi) is 4.05. The maximum absolute atomic E-state index is 12.7. The normalized spacial score (nSPS) is 18.1. The van der Waals surface area contributed by atoms with E-state index in [2.05, 4.69) is 15.7 Å². The molecule has 1 aromatic rings. The second-order valence-corrected chi connectivity index (χ2v) is 5.05. The van der Waals surface area contributed by atoms with Gasteiger partial charge in [0.15, 0.2) is 0 Å². The van der Waals surface area contributed by atoms with Gasteiger partial charge in [-0.25, -0.2) is 10.8 Å². The minimum Gasteiger partial charge on any atom is -0.388 e. The van der Waals surface area contributed by atoms with Gasteiger partial charge in [-0.3, -0.25) is 0 Å². The molecule has 8 heteroatoms. The molecule has 1 aromatic heterocycles. The van der Waals surface area contributed by atoms with Crippen LogP contribution in [0.2, 0.25) is 0 Å². The number of halogens is 3. The van der Waals surface area contributed by atoms with Crippen LogP contribution >= 0.6 is 0 Å². The number of nitrogens with one attached hydrogen (secondary N) is 2. The second-order valence-electron chi connectivity index (χ2n) is 5.05. The van der Waals surface area contributed by atoms with Crippen molar-refractivity contribution in [3.63, 3.8) is 0 Å². The van der Waals surface area contributed by atoms with E-state index in [-0.39, 0.29) is 18.2 Å². The number of hydrogen-bond acceptors (Lipinski definition) is 5. The molecule has 2 rings (SSSR count). The maximum Gasteiger partial charge on any atom is 0.416 e. The summed E-state index contributed by atoms with van der Waals surface area (Å²) in [7, 11) is 0. The highest BCUT2D eigenvalue weighted by Crippen LogP contribution is 2.33. The fourth-order valence-corrected chi connectivity index (χ4v) is 2.32. The Morgan fingerprint density at radius 1 is 1.25 bits per heavy atom. The number of nitrogens with zero attached hydrogens (tertiary/aromatic N) is 1. The molecule has 0 aliphatic heterocycles. The molecular formula is C12H17F3N4O. The molecule has 0 amide bonds. The fourth-order valence-electron chi connectivity index (χ4n) is 2.32. The van der Waals surface area contributed by atoms with Gasteiger partial charge in [-0.2, -0.15) is 13.2 Å². The molecule has 0 saturated heterocycles. The molecule has 0 bridgehead atoms. The first-order valence-electron chi connectivity index (χ1n) is 6.35. The predicted octanol–water partition coefficient (Wildman–Crippen LogP) is 2.10. The van der Waals surface area contributed by atoms with E-state index in [1.54, 1.807) is 0 Å². The largest absolute Gasteiger partial charge is 0.416 e. The summed E-state index contributed by atoms with van der Waals surface area (Å²) in [5.74, 6) is 5.07. The van der Waals surface area contributed by atoms with Crippen molar-refractivity contribution in [1.29, 1.82) is 0 Å². The van der Waals surface area contributed by atoms with Crippen molar-refractivity contribution in [2.24, 2.45) is 5.84 Å². The van der Waals surface area contributed by atoms with E-state index in [0.29, 0.717) is 12.8 Å². The number of nitrogen functional groups attached to an aromatic ring is 1. The van der Waals surface area contributed by atoms with Gasteiger partial charge < -0.3 is 15.8 Å². The van der Waals surface area contributed by atoms with E-state index in [9.17, 15) is 18.3 Å². The zero-order valence-electron chi connectivity index (χ0n) is 10.8. The number of hydrogen-bond donors (Lipinski definition) is 4. The van der Waals surface area contributed by atoms with Crippen molar-refractivity contribution in [3.05, 3.63) is 17.7 Å². The van der Waals surface area contributed by atoms with Crippen molar-refractivity contribution >= 4 is 11.6 Å². The van der Waals surface area contributed by atoms with Crippen LogP contribution in [0.3, 0.4) is 0 Å². The average Bonchev–Trinajstić information content (AvgIpc) is 2.82. The second kappa shape index (κ2) is 5.45. The first-order valence-corrected chi connectivity index (χ1v) is 6.35. The molecule has 0 radical (unpaired) electrons. The lowest BCUT2D eigenvalue weighted by Gasteiger charge is -2.23. The zero-order chi connectivity index (χ0) is 14.8. The molecule has 0 atom stereocenters. The molecule has 1 saturated carbocycles. The highest BCUT2D eigenvalue weighted by atomic mass is 19.4. The summed E-state index contributed by atoms with van der Waals surface area (Å²) in [6.07, 6.45) is -1.36. The third-order valence-electron chi connectivity index (χ3n) is 3.43. The summed E-state index contributed by atoms with van der Waals surface area (Å²) in [4.78, 5) is 3.90. The van der Waals surface area contributed by atoms with Gasteiger partial charge in [-0.15, -0.1) is 0 Å². The quantitative estimate of drug-likeness (QED) is 0.504. The van der Waals surface area contributed by atoms with E-state index in [1.165, 1.54) is 0 Å².